The number of aryl methyl sites for hydroxylation is 1. The fourth-order valence-electron chi connectivity index (χ4n) is 2.34. The lowest BCUT2D eigenvalue weighted by Crippen LogP contribution is -2.04. The van der Waals surface area contributed by atoms with Gasteiger partial charge < -0.3 is 4.74 Å². The van der Waals surface area contributed by atoms with Crippen LogP contribution in [0.15, 0.2) is 71.5 Å². The van der Waals surface area contributed by atoms with E-state index in [2.05, 4.69) is 28.3 Å². The van der Waals surface area contributed by atoms with E-state index in [1.807, 2.05) is 19.1 Å². The largest absolute Gasteiger partial charge is 0.487 e. The Kier molecular flexibility index (Phi) is 5.57. The van der Waals surface area contributed by atoms with Crippen LogP contribution >= 0.6 is 0 Å². The van der Waals surface area contributed by atoms with E-state index in [1.165, 1.54) is 11.8 Å². The molecule has 4 nitrogen and oxygen atoms in total. The fraction of sp³-hybridized carbons (Fsp3) is 0.200. The average Bonchev–Trinajstić information content (AvgIpc) is 2.67. The lowest BCUT2D eigenvalue weighted by molar-refractivity contribution is 0.353. The molecule has 5 heteroatoms. The first-order valence-corrected chi connectivity index (χ1v) is 8.22. The van der Waals surface area contributed by atoms with Crippen LogP contribution in [0.5, 0.6) is 5.75 Å². The van der Waals surface area contributed by atoms with E-state index in [4.69, 9.17) is 4.74 Å². The van der Waals surface area contributed by atoms with Crippen LogP contribution in [0, 0.1) is 6.92 Å². The molecule has 0 atom stereocenters. The number of hydrogen-bond acceptors (Lipinski definition) is 4. The third-order valence-electron chi connectivity index (χ3n) is 3.77. The number of benzene rings is 1. The minimum Gasteiger partial charge on any atom is -0.487 e. The van der Waals surface area contributed by atoms with Crippen molar-refractivity contribution in [2.24, 2.45) is 5.10 Å². The molecule has 0 bridgehead atoms. The maximum absolute atomic E-state index is 13.9. The zero-order chi connectivity index (χ0) is 17.5. The summed E-state index contributed by atoms with van der Waals surface area (Å²) in [7, 11) is 0. The van der Waals surface area contributed by atoms with Gasteiger partial charge in [-0.3, -0.25) is 4.98 Å². The van der Waals surface area contributed by atoms with Gasteiger partial charge in [0.2, 0.25) is 0 Å². The van der Waals surface area contributed by atoms with Gasteiger partial charge in [-0.15, -0.1) is 5.10 Å². The molecule has 3 rings (SSSR count). The summed E-state index contributed by atoms with van der Waals surface area (Å²) in [5.41, 5.74) is 3.16. The highest BCUT2D eigenvalue weighted by Crippen LogP contribution is 2.16. The monoisotopic (exact) mass is 337 g/mol. The van der Waals surface area contributed by atoms with Crippen molar-refractivity contribution in [2.75, 3.05) is 11.8 Å². The summed E-state index contributed by atoms with van der Waals surface area (Å²) in [6.45, 7) is 2.47. The topological polar surface area (TPSA) is 37.7 Å². The normalized spacial score (nSPS) is 13.8. The molecule has 25 heavy (non-hydrogen) atoms. The van der Waals surface area contributed by atoms with E-state index in [9.17, 15) is 4.48 Å². The number of halogens is 1. The highest BCUT2D eigenvalue weighted by Gasteiger charge is 2.03. The maximum atomic E-state index is 13.9. The number of nitrogens with zero attached hydrogens (tertiary/aromatic N) is 3. The number of hydrogen-bond donors (Lipinski definition) is 0. The Bertz CT molecular complexity index is 780. The molecule has 0 saturated carbocycles. The Balaban J connectivity index is 1.55. The number of hydrazone groups is 1. The van der Waals surface area contributed by atoms with Crippen molar-refractivity contribution in [3.05, 3.63) is 77.7 Å². The molecule has 1 aliphatic rings. The summed E-state index contributed by atoms with van der Waals surface area (Å²) in [5.74, 6) is 0.674. The van der Waals surface area contributed by atoms with Crippen molar-refractivity contribution >= 4 is 11.9 Å². The van der Waals surface area contributed by atoms with Crippen molar-refractivity contribution in [3.63, 3.8) is 0 Å². The summed E-state index contributed by atoms with van der Waals surface area (Å²) in [6, 6.07) is 10.6. The lowest BCUT2D eigenvalue weighted by Gasteiger charge is -2.09. The summed E-state index contributed by atoms with van der Waals surface area (Å²) < 4.78 is 19.6. The first-order chi connectivity index (χ1) is 12.2. The molecular weight excluding hydrogens is 317 g/mol. The molecule has 0 fully saturated rings. The van der Waals surface area contributed by atoms with Gasteiger partial charge in [-0.2, -0.15) is 0 Å². The summed E-state index contributed by atoms with van der Waals surface area (Å²) >= 11 is 0. The van der Waals surface area contributed by atoms with Gasteiger partial charge in [0.05, 0.1) is 23.8 Å². The van der Waals surface area contributed by atoms with Gasteiger partial charge in [0.25, 0.3) is 0 Å². The molecule has 0 saturated heterocycles. The Morgan fingerprint density at radius 2 is 2.04 bits per heavy atom. The van der Waals surface area contributed by atoms with Crippen molar-refractivity contribution in [3.8, 4) is 5.75 Å². The SMILES string of the molecule is Cc1ccc(N(F)/N=C\c2ccc(OCC3=CCCC=C3)cn2)cc1. The smallest absolute Gasteiger partial charge is 0.138 e. The molecule has 0 unspecified atom stereocenters. The van der Waals surface area contributed by atoms with Crippen LogP contribution in [-0.2, 0) is 0 Å². The third kappa shape index (κ3) is 5.01. The number of ether oxygens (including phenoxy) is 1. The number of anilines is 1. The zero-order valence-corrected chi connectivity index (χ0v) is 14.1. The number of pyridine rings is 1. The molecular formula is C20H20FN3O. The van der Waals surface area contributed by atoms with Gasteiger partial charge in [-0.05, 0) is 49.6 Å². The van der Waals surface area contributed by atoms with Crippen molar-refractivity contribution in [1.29, 1.82) is 0 Å². The van der Waals surface area contributed by atoms with Gasteiger partial charge in [0.15, 0.2) is 0 Å². The molecule has 128 valence electrons. The van der Waals surface area contributed by atoms with E-state index < -0.39 is 0 Å². The molecule has 1 aromatic carbocycles. The second-order valence-corrected chi connectivity index (χ2v) is 5.81. The van der Waals surface area contributed by atoms with Crippen LogP contribution in [-0.4, -0.2) is 17.8 Å². The lowest BCUT2D eigenvalue weighted by atomic mass is 10.1. The van der Waals surface area contributed by atoms with Crippen molar-refractivity contribution < 1.29 is 9.22 Å². The van der Waals surface area contributed by atoms with Crippen LogP contribution in [0.1, 0.15) is 24.1 Å². The molecule has 0 aliphatic heterocycles. The molecule has 0 radical (unpaired) electrons. The minimum atomic E-state index is 0.327. The molecule has 0 spiro atoms. The average molecular weight is 337 g/mol. The minimum absolute atomic E-state index is 0.327. The van der Waals surface area contributed by atoms with E-state index in [0.717, 1.165) is 18.4 Å². The van der Waals surface area contributed by atoms with Gasteiger partial charge in [-0.1, -0.05) is 45.6 Å². The second kappa shape index (κ2) is 8.24. The van der Waals surface area contributed by atoms with E-state index in [0.29, 0.717) is 29.0 Å². The van der Waals surface area contributed by atoms with Crippen LogP contribution in [0.3, 0.4) is 0 Å². The standard InChI is InChI=1S/C20H20FN3O/c1-16-7-10-19(11-8-16)24(21)23-13-18-9-12-20(14-22-18)25-15-17-5-3-2-4-6-17/h3,5-14H,2,4,15H2,1H3/b23-13-. The summed E-state index contributed by atoms with van der Waals surface area (Å²) in [6.07, 6.45) is 11.5. The Hall–Kier alpha value is -2.95. The van der Waals surface area contributed by atoms with Crippen LogP contribution in [0.4, 0.5) is 10.2 Å². The van der Waals surface area contributed by atoms with Crippen molar-refractivity contribution in [2.45, 2.75) is 19.8 Å². The summed E-state index contributed by atoms with van der Waals surface area (Å²) in [4.78, 5) is 4.22. The van der Waals surface area contributed by atoms with E-state index >= 15 is 0 Å². The first kappa shape index (κ1) is 16.9. The van der Waals surface area contributed by atoms with Crippen LogP contribution in [0.25, 0.3) is 0 Å². The zero-order valence-electron chi connectivity index (χ0n) is 14.1. The van der Waals surface area contributed by atoms with Gasteiger partial charge >= 0.3 is 0 Å². The van der Waals surface area contributed by atoms with Crippen molar-refractivity contribution in [1.82, 2.24) is 4.98 Å². The predicted octanol–water partition coefficient (Wildman–Crippen LogP) is 4.77. The van der Waals surface area contributed by atoms with Gasteiger partial charge in [-0.25, -0.2) is 0 Å². The predicted molar refractivity (Wildman–Crippen MR) is 98.5 cm³/mol. The second-order valence-electron chi connectivity index (χ2n) is 5.81. The van der Waals surface area contributed by atoms with Gasteiger partial charge in [0, 0.05) is 0 Å². The first-order valence-electron chi connectivity index (χ1n) is 8.22. The molecule has 1 aromatic heterocycles. The molecule has 0 N–H and O–H groups in total. The number of rotatable bonds is 6. The third-order valence-corrected chi connectivity index (χ3v) is 3.77. The maximum Gasteiger partial charge on any atom is 0.138 e. The number of aromatic nitrogens is 1. The van der Waals surface area contributed by atoms with E-state index in [1.54, 1.807) is 30.5 Å². The van der Waals surface area contributed by atoms with E-state index in [-0.39, 0.29) is 0 Å². The molecule has 1 heterocycles. The summed E-state index contributed by atoms with van der Waals surface area (Å²) in [5, 5.41) is 4.09. The highest BCUT2D eigenvalue weighted by molar-refractivity contribution is 5.77. The molecule has 0 amide bonds. The highest BCUT2D eigenvalue weighted by atomic mass is 19.2. The Morgan fingerprint density at radius 3 is 2.72 bits per heavy atom. The molecule has 1 aliphatic carbocycles. The Morgan fingerprint density at radius 1 is 1.20 bits per heavy atom. The quantitative estimate of drug-likeness (QED) is 0.433. The fourth-order valence-corrected chi connectivity index (χ4v) is 2.34. The van der Waals surface area contributed by atoms with Crippen LogP contribution < -0.4 is 9.97 Å². The molecule has 2 aromatic rings. The van der Waals surface area contributed by atoms with Crippen LogP contribution in [0.2, 0.25) is 0 Å². The Labute approximate surface area is 146 Å². The van der Waals surface area contributed by atoms with Gasteiger partial charge in [0.1, 0.15) is 12.4 Å². The number of allylic oxidation sites excluding steroid dienone is 2.